The van der Waals surface area contributed by atoms with Crippen molar-refractivity contribution in [3.05, 3.63) is 35.9 Å². The van der Waals surface area contributed by atoms with Crippen molar-refractivity contribution in [1.29, 1.82) is 0 Å². The third kappa shape index (κ3) is 5.82. The molecule has 0 atom stereocenters. The summed E-state index contributed by atoms with van der Waals surface area (Å²) in [5, 5.41) is 21.5. The molecule has 0 unspecified atom stereocenters. The first-order chi connectivity index (χ1) is 9.34. The van der Waals surface area contributed by atoms with E-state index < -0.39 is 7.12 Å². The molecule has 0 bridgehead atoms. The molecule has 0 amide bonds. The molecular weight excluding hydrogens is 275 g/mol. The Kier molecular flexibility index (Phi) is 7.01. The largest absolute Gasteiger partial charge is 0.470 e. The van der Waals surface area contributed by atoms with Crippen LogP contribution in [0.5, 0.6) is 0 Å². The number of hydrogen-bond acceptors (Lipinski definition) is 6. The van der Waals surface area contributed by atoms with Gasteiger partial charge < -0.3 is 9.68 Å². The van der Waals surface area contributed by atoms with Crippen LogP contribution in [0.25, 0.3) is 0 Å². The molecule has 0 saturated carbocycles. The van der Waals surface area contributed by atoms with Gasteiger partial charge in [0.25, 0.3) is 0 Å². The van der Waals surface area contributed by atoms with E-state index in [9.17, 15) is 10.2 Å². The maximum absolute atomic E-state index is 10.2. The van der Waals surface area contributed by atoms with Crippen LogP contribution in [0.2, 0.25) is 0 Å². The van der Waals surface area contributed by atoms with Gasteiger partial charge in [0, 0.05) is 18.4 Å². The molecule has 5 nitrogen and oxygen atoms in total. The Morgan fingerprint density at radius 2 is 1.85 bits per heavy atom. The Balaban J connectivity index is 2.61. The summed E-state index contributed by atoms with van der Waals surface area (Å²) < 4.78 is 5.93. The summed E-state index contributed by atoms with van der Waals surface area (Å²) in [5.74, 6) is 0.646. The number of nitrogens with zero attached hydrogens (tertiary/aromatic N) is 2. The number of benzene rings is 1. The molecule has 112 valence electrons. The molecule has 0 fully saturated rings. The van der Waals surface area contributed by atoms with E-state index in [1.165, 1.54) is 19.1 Å². The number of hydrogen-bond donors (Lipinski definition) is 2. The molecule has 2 N–H and O–H groups in total. The summed E-state index contributed by atoms with van der Waals surface area (Å²) in [6.07, 6.45) is 0.193. The monoisotopic (exact) mass is 298 g/mol. The highest BCUT2D eigenvalue weighted by molar-refractivity contribution is 7.96. The Bertz CT molecular complexity index is 389. The van der Waals surface area contributed by atoms with E-state index >= 15 is 0 Å². The van der Waals surface area contributed by atoms with Gasteiger partial charge in [-0.2, -0.15) is 0 Å². The average molecular weight is 298 g/mol. The molecule has 0 aliphatic carbocycles. The highest BCUT2D eigenvalue weighted by atomic mass is 32.2. The Hall–Kier alpha value is -0.565. The van der Waals surface area contributed by atoms with Gasteiger partial charge in [-0.1, -0.05) is 34.9 Å². The van der Waals surface area contributed by atoms with Crippen molar-refractivity contribution >= 4 is 19.1 Å². The lowest BCUT2D eigenvalue weighted by Crippen LogP contribution is -2.53. The highest BCUT2D eigenvalue weighted by Crippen LogP contribution is 2.23. The van der Waals surface area contributed by atoms with Crippen molar-refractivity contribution in [2.45, 2.75) is 32.1 Å². The van der Waals surface area contributed by atoms with Crippen LogP contribution < -0.4 is 0 Å². The predicted molar refractivity (Wildman–Crippen MR) is 82.8 cm³/mol. The maximum atomic E-state index is 10.2. The Morgan fingerprint density at radius 3 is 2.35 bits per heavy atom. The van der Waals surface area contributed by atoms with Crippen LogP contribution in [-0.4, -0.2) is 46.0 Å². The van der Waals surface area contributed by atoms with Crippen molar-refractivity contribution in [2.24, 2.45) is 0 Å². The van der Waals surface area contributed by atoms with Gasteiger partial charge in [-0.25, -0.2) is 5.01 Å². The zero-order valence-electron chi connectivity index (χ0n) is 12.5. The Morgan fingerprint density at radius 1 is 1.25 bits per heavy atom. The van der Waals surface area contributed by atoms with Crippen molar-refractivity contribution in [3.8, 4) is 0 Å². The summed E-state index contributed by atoms with van der Waals surface area (Å²) in [6.45, 7) is 5.88. The van der Waals surface area contributed by atoms with Crippen molar-refractivity contribution in [2.75, 3.05) is 13.6 Å². The molecular formula is C13H23BN2O3S. The van der Waals surface area contributed by atoms with E-state index in [2.05, 4.69) is 0 Å². The van der Waals surface area contributed by atoms with Gasteiger partial charge in [0.05, 0.1) is 6.44 Å². The zero-order chi connectivity index (χ0) is 15.2. The minimum absolute atomic E-state index is 0.193. The van der Waals surface area contributed by atoms with Crippen molar-refractivity contribution in [3.63, 3.8) is 0 Å². The zero-order valence-corrected chi connectivity index (χ0v) is 13.3. The van der Waals surface area contributed by atoms with E-state index in [1.807, 2.05) is 51.1 Å². The van der Waals surface area contributed by atoms with Crippen molar-refractivity contribution < 1.29 is 14.9 Å². The van der Waals surface area contributed by atoms with E-state index in [4.69, 9.17) is 4.65 Å². The van der Waals surface area contributed by atoms with E-state index in [-0.39, 0.29) is 12.0 Å². The van der Waals surface area contributed by atoms with Gasteiger partial charge >= 0.3 is 7.12 Å². The molecule has 0 heterocycles. The van der Waals surface area contributed by atoms with Crippen molar-refractivity contribution in [1.82, 2.24) is 9.59 Å². The van der Waals surface area contributed by atoms with Crippen LogP contribution in [0.3, 0.4) is 0 Å². The van der Waals surface area contributed by atoms with Gasteiger partial charge in [-0.3, -0.25) is 5.21 Å². The third-order valence-corrected chi connectivity index (χ3v) is 3.66. The van der Waals surface area contributed by atoms with E-state index in [0.29, 0.717) is 5.75 Å². The molecule has 1 aromatic rings. The first-order valence-corrected chi connectivity index (χ1v) is 7.43. The highest BCUT2D eigenvalue weighted by Gasteiger charge is 2.31. The van der Waals surface area contributed by atoms with Crippen LogP contribution in [0, 0.1) is 0 Å². The lowest BCUT2D eigenvalue weighted by molar-refractivity contribution is -0.189. The Labute approximate surface area is 125 Å². The number of rotatable bonds is 7. The predicted octanol–water partition coefficient (Wildman–Crippen LogP) is 2.21. The van der Waals surface area contributed by atoms with Crippen LogP contribution in [-0.2, 0) is 10.4 Å². The summed E-state index contributed by atoms with van der Waals surface area (Å²) in [4.78, 5) is 0. The lowest BCUT2D eigenvalue weighted by atomic mass is 9.89. The molecule has 0 radical (unpaired) electrons. The van der Waals surface area contributed by atoms with Gasteiger partial charge in [0.1, 0.15) is 0 Å². The average Bonchev–Trinajstić information content (AvgIpc) is 2.41. The second-order valence-corrected chi connectivity index (χ2v) is 6.33. The molecule has 0 aliphatic heterocycles. The van der Waals surface area contributed by atoms with Gasteiger partial charge in [0.15, 0.2) is 0 Å². The van der Waals surface area contributed by atoms with Gasteiger partial charge in [-0.15, -0.1) is 0 Å². The fourth-order valence-electron chi connectivity index (χ4n) is 1.60. The van der Waals surface area contributed by atoms with Gasteiger partial charge in [0.2, 0.25) is 0 Å². The fraction of sp³-hybridized carbons (Fsp3) is 0.538. The van der Waals surface area contributed by atoms with E-state index in [1.54, 1.807) is 5.01 Å². The molecule has 1 aromatic carbocycles. The third-order valence-electron chi connectivity index (χ3n) is 2.77. The minimum atomic E-state index is -0.943. The van der Waals surface area contributed by atoms with Crippen LogP contribution in [0.15, 0.2) is 30.3 Å². The first-order valence-electron chi connectivity index (χ1n) is 6.49. The molecule has 0 aliphatic rings. The van der Waals surface area contributed by atoms with Crippen LogP contribution in [0.4, 0.5) is 0 Å². The fourth-order valence-corrected chi connectivity index (χ4v) is 2.51. The molecule has 0 spiro atoms. The molecule has 7 heteroatoms. The molecule has 0 aromatic heterocycles. The number of hydrazine groups is 1. The van der Waals surface area contributed by atoms with Crippen LogP contribution in [0.1, 0.15) is 26.3 Å². The quantitative estimate of drug-likeness (QED) is 0.457. The smallest absolute Gasteiger partial charge is 0.426 e. The SMILES string of the molecule is COB(O)CN(N(O)SCc1ccccc1)C(C)(C)C. The molecule has 20 heavy (non-hydrogen) atoms. The second-order valence-electron chi connectivity index (χ2n) is 5.46. The van der Waals surface area contributed by atoms with Gasteiger partial charge in [-0.05, 0) is 38.3 Å². The normalized spacial score (nSPS) is 12.2. The maximum Gasteiger partial charge on any atom is 0.470 e. The molecule has 1 rings (SSSR count). The topological polar surface area (TPSA) is 56.2 Å². The summed E-state index contributed by atoms with van der Waals surface area (Å²) in [7, 11) is 0.492. The summed E-state index contributed by atoms with van der Waals surface area (Å²) in [6, 6.07) is 9.90. The lowest BCUT2D eigenvalue weighted by Gasteiger charge is -2.39. The summed E-state index contributed by atoms with van der Waals surface area (Å²) >= 11 is 1.27. The minimum Gasteiger partial charge on any atom is -0.426 e. The van der Waals surface area contributed by atoms with E-state index in [0.717, 1.165) is 10.1 Å². The van der Waals surface area contributed by atoms with Crippen LogP contribution >= 0.6 is 11.9 Å². The molecule has 0 saturated heterocycles. The standard InChI is InChI=1S/C13H23BN2O3S/c1-13(2,3)15(11-14(17)19-4)16(18)20-10-12-8-6-5-7-9-12/h5-9,17-18H,10-11H2,1-4H3. The first kappa shape index (κ1) is 17.5. The second kappa shape index (κ2) is 8.02. The summed E-state index contributed by atoms with van der Waals surface area (Å²) in [5.41, 5.74) is 0.788.